The van der Waals surface area contributed by atoms with Gasteiger partial charge in [-0.1, -0.05) is 12.1 Å². The number of nitrogens with zero attached hydrogens (tertiary/aromatic N) is 1. The SMILES string of the molecule is FC(F)(F)c1ccc(CCNCCN2CCCC2)cc1. The number of nitrogens with one attached hydrogen (secondary N) is 1. The minimum atomic E-state index is -4.24. The zero-order valence-electron chi connectivity index (χ0n) is 11.5. The Bertz CT molecular complexity index is 395. The van der Waals surface area contributed by atoms with Gasteiger partial charge in [0.25, 0.3) is 0 Å². The van der Waals surface area contributed by atoms with Crippen molar-refractivity contribution in [1.29, 1.82) is 0 Å². The Morgan fingerprint density at radius 2 is 1.65 bits per heavy atom. The van der Waals surface area contributed by atoms with Gasteiger partial charge in [-0.2, -0.15) is 13.2 Å². The van der Waals surface area contributed by atoms with Crippen molar-refractivity contribution < 1.29 is 13.2 Å². The Balaban J connectivity index is 1.64. The second-order valence-corrected chi connectivity index (χ2v) is 5.24. The van der Waals surface area contributed by atoms with E-state index in [-0.39, 0.29) is 0 Å². The molecule has 20 heavy (non-hydrogen) atoms. The Hall–Kier alpha value is -1.07. The smallest absolute Gasteiger partial charge is 0.315 e. The van der Waals surface area contributed by atoms with Crippen LogP contribution in [0.3, 0.4) is 0 Å². The lowest BCUT2D eigenvalue weighted by atomic mass is 10.1. The summed E-state index contributed by atoms with van der Waals surface area (Å²) in [7, 11) is 0. The zero-order valence-corrected chi connectivity index (χ0v) is 11.5. The van der Waals surface area contributed by atoms with Crippen molar-refractivity contribution in [2.45, 2.75) is 25.4 Å². The van der Waals surface area contributed by atoms with Crippen molar-refractivity contribution >= 4 is 0 Å². The van der Waals surface area contributed by atoms with Crippen LogP contribution in [0.4, 0.5) is 13.2 Å². The number of likely N-dealkylation sites (tertiary alicyclic amines) is 1. The van der Waals surface area contributed by atoms with Crippen LogP contribution in [0.1, 0.15) is 24.0 Å². The van der Waals surface area contributed by atoms with E-state index in [9.17, 15) is 13.2 Å². The molecule has 0 aliphatic carbocycles. The molecular weight excluding hydrogens is 265 g/mol. The molecule has 0 aromatic heterocycles. The maximum Gasteiger partial charge on any atom is 0.416 e. The third-order valence-electron chi connectivity index (χ3n) is 3.68. The summed E-state index contributed by atoms with van der Waals surface area (Å²) >= 11 is 0. The van der Waals surface area contributed by atoms with Crippen molar-refractivity contribution in [3.8, 4) is 0 Å². The number of rotatable bonds is 6. The largest absolute Gasteiger partial charge is 0.416 e. The Morgan fingerprint density at radius 1 is 1.00 bits per heavy atom. The highest BCUT2D eigenvalue weighted by atomic mass is 19.4. The van der Waals surface area contributed by atoms with Gasteiger partial charge in [0.15, 0.2) is 0 Å². The normalized spacial score (nSPS) is 16.8. The molecule has 1 heterocycles. The van der Waals surface area contributed by atoms with E-state index >= 15 is 0 Å². The first kappa shape index (κ1) is 15.3. The van der Waals surface area contributed by atoms with Crippen LogP contribution in [-0.4, -0.2) is 37.6 Å². The molecule has 2 nitrogen and oxygen atoms in total. The third-order valence-corrected chi connectivity index (χ3v) is 3.68. The lowest BCUT2D eigenvalue weighted by Gasteiger charge is -2.14. The summed E-state index contributed by atoms with van der Waals surface area (Å²) in [5.41, 5.74) is 0.356. The number of halogens is 3. The molecular formula is C15H21F3N2. The lowest BCUT2D eigenvalue weighted by Crippen LogP contribution is -2.30. The summed E-state index contributed by atoms with van der Waals surface area (Å²) in [4.78, 5) is 2.44. The van der Waals surface area contributed by atoms with Crippen LogP contribution in [0.5, 0.6) is 0 Å². The molecule has 1 saturated heterocycles. The van der Waals surface area contributed by atoms with Crippen molar-refractivity contribution in [2.75, 3.05) is 32.7 Å². The van der Waals surface area contributed by atoms with Crippen LogP contribution in [0.25, 0.3) is 0 Å². The predicted octanol–water partition coefficient (Wildman–Crippen LogP) is 2.93. The molecule has 0 amide bonds. The molecule has 0 radical (unpaired) electrons. The fourth-order valence-electron chi connectivity index (χ4n) is 2.46. The Labute approximate surface area is 118 Å². The average molecular weight is 286 g/mol. The first-order chi connectivity index (χ1) is 9.55. The average Bonchev–Trinajstić information content (AvgIpc) is 2.91. The topological polar surface area (TPSA) is 15.3 Å². The van der Waals surface area contributed by atoms with E-state index in [2.05, 4.69) is 10.2 Å². The van der Waals surface area contributed by atoms with Gasteiger partial charge in [0.1, 0.15) is 0 Å². The van der Waals surface area contributed by atoms with Crippen LogP contribution in [0, 0.1) is 0 Å². The maximum atomic E-state index is 12.4. The molecule has 0 atom stereocenters. The van der Waals surface area contributed by atoms with E-state index in [1.807, 2.05) is 0 Å². The molecule has 1 aromatic carbocycles. The molecule has 1 aromatic rings. The predicted molar refractivity (Wildman–Crippen MR) is 73.7 cm³/mol. The first-order valence-electron chi connectivity index (χ1n) is 7.15. The molecule has 1 aliphatic rings. The monoisotopic (exact) mass is 286 g/mol. The molecule has 2 rings (SSSR count). The molecule has 1 fully saturated rings. The summed E-state index contributed by atoms with van der Waals surface area (Å²) in [6.45, 7) is 5.20. The summed E-state index contributed by atoms with van der Waals surface area (Å²) in [5.74, 6) is 0. The van der Waals surface area contributed by atoms with Gasteiger partial charge in [-0.15, -0.1) is 0 Å². The molecule has 0 bridgehead atoms. The lowest BCUT2D eigenvalue weighted by molar-refractivity contribution is -0.137. The fourth-order valence-corrected chi connectivity index (χ4v) is 2.46. The molecule has 1 N–H and O–H groups in total. The highest BCUT2D eigenvalue weighted by Crippen LogP contribution is 2.29. The number of hydrogen-bond donors (Lipinski definition) is 1. The standard InChI is InChI=1S/C15H21F3N2/c16-15(17,18)14-5-3-13(4-6-14)7-8-19-9-12-20-10-1-2-11-20/h3-6,19H,1-2,7-12H2. The quantitative estimate of drug-likeness (QED) is 0.809. The summed E-state index contributed by atoms with van der Waals surface area (Å²) in [5, 5.41) is 3.34. The van der Waals surface area contributed by atoms with Crippen molar-refractivity contribution in [1.82, 2.24) is 10.2 Å². The second-order valence-electron chi connectivity index (χ2n) is 5.24. The van der Waals surface area contributed by atoms with E-state index in [1.165, 1.54) is 25.9 Å². The highest BCUT2D eigenvalue weighted by Gasteiger charge is 2.29. The van der Waals surface area contributed by atoms with Gasteiger partial charge >= 0.3 is 6.18 Å². The van der Waals surface area contributed by atoms with Crippen LogP contribution in [0.2, 0.25) is 0 Å². The van der Waals surface area contributed by atoms with Gasteiger partial charge in [-0.3, -0.25) is 0 Å². The molecule has 112 valence electrons. The van der Waals surface area contributed by atoms with Crippen LogP contribution in [-0.2, 0) is 12.6 Å². The molecule has 0 unspecified atom stereocenters. The molecule has 0 saturated carbocycles. The van der Waals surface area contributed by atoms with Crippen LogP contribution < -0.4 is 5.32 Å². The van der Waals surface area contributed by atoms with Crippen molar-refractivity contribution in [3.05, 3.63) is 35.4 Å². The van der Waals surface area contributed by atoms with E-state index in [4.69, 9.17) is 0 Å². The second kappa shape index (κ2) is 7.09. The Morgan fingerprint density at radius 3 is 2.25 bits per heavy atom. The summed E-state index contributed by atoms with van der Waals surface area (Å²) in [6, 6.07) is 5.43. The van der Waals surface area contributed by atoms with Gasteiger partial charge in [0, 0.05) is 13.1 Å². The van der Waals surface area contributed by atoms with Crippen molar-refractivity contribution in [2.24, 2.45) is 0 Å². The minimum Gasteiger partial charge on any atom is -0.315 e. The third kappa shape index (κ3) is 4.80. The summed E-state index contributed by atoms with van der Waals surface area (Å²) in [6.07, 6.45) is -0.887. The zero-order chi connectivity index (χ0) is 14.4. The van der Waals surface area contributed by atoms with Gasteiger partial charge < -0.3 is 10.2 Å². The maximum absolute atomic E-state index is 12.4. The van der Waals surface area contributed by atoms with E-state index in [0.717, 1.165) is 43.8 Å². The van der Waals surface area contributed by atoms with Gasteiger partial charge in [0.05, 0.1) is 5.56 Å². The van der Waals surface area contributed by atoms with Crippen LogP contribution in [0.15, 0.2) is 24.3 Å². The number of hydrogen-bond acceptors (Lipinski definition) is 2. The number of alkyl halides is 3. The van der Waals surface area contributed by atoms with E-state index in [0.29, 0.717) is 0 Å². The minimum absolute atomic E-state index is 0.580. The van der Waals surface area contributed by atoms with Gasteiger partial charge in [0.2, 0.25) is 0 Å². The molecule has 0 spiro atoms. The highest BCUT2D eigenvalue weighted by molar-refractivity contribution is 5.24. The summed E-state index contributed by atoms with van der Waals surface area (Å²) < 4.78 is 37.2. The van der Waals surface area contributed by atoms with Crippen molar-refractivity contribution in [3.63, 3.8) is 0 Å². The van der Waals surface area contributed by atoms with E-state index in [1.54, 1.807) is 12.1 Å². The number of benzene rings is 1. The van der Waals surface area contributed by atoms with Crippen LogP contribution >= 0.6 is 0 Å². The van der Waals surface area contributed by atoms with E-state index < -0.39 is 11.7 Å². The Kier molecular flexibility index (Phi) is 5.43. The fraction of sp³-hybridized carbons (Fsp3) is 0.600. The van der Waals surface area contributed by atoms with Gasteiger partial charge in [-0.05, 0) is 56.6 Å². The molecule has 5 heteroatoms. The molecule has 1 aliphatic heterocycles. The van der Waals surface area contributed by atoms with Gasteiger partial charge in [-0.25, -0.2) is 0 Å². The first-order valence-corrected chi connectivity index (χ1v) is 7.15.